The van der Waals surface area contributed by atoms with Gasteiger partial charge in [0.15, 0.2) is 11.2 Å². The van der Waals surface area contributed by atoms with Gasteiger partial charge in [0, 0.05) is 33.7 Å². The van der Waals surface area contributed by atoms with E-state index >= 15 is 0 Å². The zero-order valence-electron chi connectivity index (χ0n) is 15.1. The van der Waals surface area contributed by atoms with E-state index in [0.29, 0.717) is 40.2 Å². The van der Waals surface area contributed by atoms with Crippen LogP contribution in [0.5, 0.6) is 0 Å². The van der Waals surface area contributed by atoms with Crippen molar-refractivity contribution in [2.75, 3.05) is 11.4 Å². The first-order valence-corrected chi connectivity index (χ1v) is 9.49. The molecule has 0 unspecified atom stereocenters. The molecule has 9 heteroatoms. The summed E-state index contributed by atoms with van der Waals surface area (Å²) in [6, 6.07) is 5.55. The lowest BCUT2D eigenvalue weighted by Crippen LogP contribution is -2.37. The fourth-order valence-corrected chi connectivity index (χ4v) is 3.89. The highest BCUT2D eigenvalue weighted by Crippen LogP contribution is 2.27. The minimum Gasteiger partial charge on any atom is -0.338 e. The molecule has 7 nitrogen and oxygen atoms in total. The Balaban J connectivity index is 1.87. The van der Waals surface area contributed by atoms with Crippen molar-refractivity contribution in [3.63, 3.8) is 0 Å². The van der Waals surface area contributed by atoms with Crippen molar-refractivity contribution in [1.29, 1.82) is 0 Å². The molecule has 0 spiro atoms. The van der Waals surface area contributed by atoms with Crippen LogP contribution in [0.25, 0.3) is 11.2 Å². The Hall–Kier alpha value is -2.25. The van der Waals surface area contributed by atoms with E-state index in [1.165, 1.54) is 11.6 Å². The molecule has 0 bridgehead atoms. The zero-order valence-corrected chi connectivity index (χ0v) is 16.6. The van der Waals surface area contributed by atoms with E-state index < -0.39 is 0 Å². The highest BCUT2D eigenvalue weighted by molar-refractivity contribution is 6.42. The standard InChI is InChI=1S/C18H19Cl2N5O2/c1-22-15-14(16(26)23(2)18(22)27)25-8-4-3-7-24(17(25)21-15)10-11-5-6-12(19)13(20)9-11/h5-6,9H,3-4,7-8,10H2,1-2H3. The van der Waals surface area contributed by atoms with Gasteiger partial charge < -0.3 is 9.47 Å². The highest BCUT2D eigenvalue weighted by Gasteiger charge is 2.24. The summed E-state index contributed by atoms with van der Waals surface area (Å²) in [5.74, 6) is 0.701. The van der Waals surface area contributed by atoms with E-state index in [2.05, 4.69) is 9.88 Å². The van der Waals surface area contributed by atoms with Crippen molar-refractivity contribution >= 4 is 40.3 Å². The van der Waals surface area contributed by atoms with Crippen LogP contribution in [0.1, 0.15) is 18.4 Å². The molecule has 3 aromatic rings. The van der Waals surface area contributed by atoms with Crippen molar-refractivity contribution < 1.29 is 0 Å². The topological polar surface area (TPSA) is 65.1 Å². The molecule has 0 saturated carbocycles. The Morgan fingerprint density at radius 3 is 2.52 bits per heavy atom. The SMILES string of the molecule is Cn1c(=O)c2c(nc3n2CCCCN3Cc2ccc(Cl)c(Cl)c2)n(C)c1=O. The van der Waals surface area contributed by atoms with Crippen molar-refractivity contribution in [1.82, 2.24) is 18.7 Å². The van der Waals surface area contributed by atoms with Gasteiger partial charge in [0.05, 0.1) is 10.0 Å². The van der Waals surface area contributed by atoms with Crippen LogP contribution in [0.4, 0.5) is 5.95 Å². The summed E-state index contributed by atoms with van der Waals surface area (Å²) in [5.41, 5.74) is 1.20. The summed E-state index contributed by atoms with van der Waals surface area (Å²) in [6.45, 7) is 2.09. The number of nitrogens with zero attached hydrogens (tertiary/aromatic N) is 5. The van der Waals surface area contributed by atoms with Gasteiger partial charge in [-0.05, 0) is 30.5 Å². The molecule has 1 aliphatic rings. The largest absolute Gasteiger partial charge is 0.338 e. The number of aromatic nitrogens is 4. The fraction of sp³-hybridized carbons (Fsp3) is 0.389. The van der Waals surface area contributed by atoms with Gasteiger partial charge in [-0.3, -0.25) is 13.9 Å². The van der Waals surface area contributed by atoms with E-state index in [9.17, 15) is 9.59 Å². The number of aryl methyl sites for hydroxylation is 2. The van der Waals surface area contributed by atoms with E-state index in [0.717, 1.165) is 29.5 Å². The number of fused-ring (bicyclic) bond motifs is 3. The van der Waals surface area contributed by atoms with Crippen LogP contribution in [-0.2, 0) is 27.2 Å². The van der Waals surface area contributed by atoms with Crippen LogP contribution < -0.4 is 16.1 Å². The number of anilines is 1. The van der Waals surface area contributed by atoms with Gasteiger partial charge in [0.25, 0.3) is 5.56 Å². The highest BCUT2D eigenvalue weighted by atomic mass is 35.5. The molecular formula is C18H19Cl2N5O2. The predicted molar refractivity (Wildman–Crippen MR) is 107 cm³/mol. The molecule has 142 valence electrons. The minimum atomic E-state index is -0.378. The third-order valence-corrected chi connectivity index (χ3v) is 5.77. The number of benzene rings is 1. The Kier molecular flexibility index (Phi) is 4.52. The van der Waals surface area contributed by atoms with E-state index in [1.54, 1.807) is 13.1 Å². The van der Waals surface area contributed by atoms with Gasteiger partial charge in [-0.1, -0.05) is 29.3 Å². The van der Waals surface area contributed by atoms with Crippen molar-refractivity contribution in [3.05, 3.63) is 54.6 Å². The number of halogens is 2. The summed E-state index contributed by atoms with van der Waals surface area (Å²) >= 11 is 12.2. The number of hydrogen-bond donors (Lipinski definition) is 0. The number of rotatable bonds is 2. The molecule has 0 fully saturated rings. The number of hydrogen-bond acceptors (Lipinski definition) is 4. The maximum Gasteiger partial charge on any atom is 0.332 e. The van der Waals surface area contributed by atoms with Gasteiger partial charge in [-0.25, -0.2) is 4.79 Å². The maximum atomic E-state index is 12.7. The first kappa shape index (κ1) is 18.1. The molecule has 1 aromatic carbocycles. The molecule has 2 aromatic heterocycles. The first-order valence-electron chi connectivity index (χ1n) is 8.73. The molecule has 1 aliphatic heterocycles. The third-order valence-electron chi connectivity index (χ3n) is 5.03. The van der Waals surface area contributed by atoms with Crippen LogP contribution in [0.15, 0.2) is 27.8 Å². The van der Waals surface area contributed by atoms with Gasteiger partial charge in [-0.2, -0.15) is 4.98 Å². The second-order valence-corrected chi connectivity index (χ2v) is 7.63. The maximum absolute atomic E-state index is 12.7. The molecule has 0 N–H and O–H groups in total. The Morgan fingerprint density at radius 2 is 1.78 bits per heavy atom. The monoisotopic (exact) mass is 407 g/mol. The quantitative estimate of drug-likeness (QED) is 0.654. The summed E-state index contributed by atoms with van der Waals surface area (Å²) in [6.07, 6.45) is 1.92. The third kappa shape index (κ3) is 2.95. The Bertz CT molecular complexity index is 1160. The molecule has 0 atom stereocenters. The van der Waals surface area contributed by atoms with Crippen molar-refractivity contribution in [2.45, 2.75) is 25.9 Å². The fourth-order valence-electron chi connectivity index (χ4n) is 3.57. The molecule has 3 heterocycles. The molecular weight excluding hydrogens is 389 g/mol. The predicted octanol–water partition coefficient (Wildman–Crippen LogP) is 2.54. The first-order chi connectivity index (χ1) is 12.9. The van der Waals surface area contributed by atoms with Crippen molar-refractivity contribution in [2.24, 2.45) is 14.1 Å². The lowest BCUT2D eigenvalue weighted by molar-refractivity contribution is 0.654. The molecule has 0 saturated heterocycles. The lowest BCUT2D eigenvalue weighted by Gasteiger charge is -2.22. The molecule has 0 amide bonds. The summed E-state index contributed by atoms with van der Waals surface area (Å²) < 4.78 is 4.49. The number of imidazole rings is 1. The average molecular weight is 408 g/mol. The smallest absolute Gasteiger partial charge is 0.332 e. The van der Waals surface area contributed by atoms with Crippen LogP contribution in [-0.4, -0.2) is 25.2 Å². The molecule has 27 heavy (non-hydrogen) atoms. The van der Waals surface area contributed by atoms with Crippen molar-refractivity contribution in [3.8, 4) is 0 Å². The van der Waals surface area contributed by atoms with Gasteiger partial charge >= 0.3 is 5.69 Å². The van der Waals surface area contributed by atoms with E-state index in [1.807, 2.05) is 16.7 Å². The zero-order chi connectivity index (χ0) is 19.3. The second-order valence-electron chi connectivity index (χ2n) is 6.82. The minimum absolute atomic E-state index is 0.316. The van der Waals surface area contributed by atoms with Crippen LogP contribution in [0.3, 0.4) is 0 Å². The van der Waals surface area contributed by atoms with Crippen LogP contribution >= 0.6 is 23.2 Å². The van der Waals surface area contributed by atoms with E-state index in [4.69, 9.17) is 23.2 Å². The summed E-state index contributed by atoms with van der Waals surface area (Å²) in [5, 5.41) is 1.02. The van der Waals surface area contributed by atoms with Crippen LogP contribution in [0.2, 0.25) is 10.0 Å². The summed E-state index contributed by atoms with van der Waals surface area (Å²) in [4.78, 5) is 31.8. The van der Waals surface area contributed by atoms with Gasteiger partial charge in [0.2, 0.25) is 5.95 Å². The average Bonchev–Trinajstić information content (AvgIpc) is 2.92. The van der Waals surface area contributed by atoms with E-state index in [-0.39, 0.29) is 11.2 Å². The molecule has 0 aliphatic carbocycles. The second kappa shape index (κ2) is 6.73. The normalized spacial score (nSPS) is 14.4. The van der Waals surface area contributed by atoms with Gasteiger partial charge in [0.1, 0.15) is 0 Å². The van der Waals surface area contributed by atoms with Crippen LogP contribution in [0, 0.1) is 0 Å². The summed E-state index contributed by atoms with van der Waals surface area (Å²) in [7, 11) is 3.13. The Morgan fingerprint density at radius 1 is 1.04 bits per heavy atom. The lowest BCUT2D eigenvalue weighted by atomic mass is 10.2. The Labute approximate surface area is 165 Å². The molecule has 4 rings (SSSR count). The van der Waals surface area contributed by atoms with Gasteiger partial charge in [-0.15, -0.1) is 0 Å². The molecule has 0 radical (unpaired) electrons.